The highest BCUT2D eigenvalue weighted by atomic mass is 32.2. The van der Waals surface area contributed by atoms with Crippen molar-refractivity contribution in [2.45, 2.75) is 51.0 Å². The van der Waals surface area contributed by atoms with Crippen molar-refractivity contribution in [1.82, 2.24) is 14.1 Å². The zero-order valence-corrected chi connectivity index (χ0v) is 20.6. The van der Waals surface area contributed by atoms with Gasteiger partial charge in [-0.2, -0.15) is 9.40 Å². The molecule has 0 bridgehead atoms. The van der Waals surface area contributed by atoms with Crippen LogP contribution < -0.4 is 10.6 Å². The van der Waals surface area contributed by atoms with Gasteiger partial charge in [0.1, 0.15) is 6.04 Å². The number of amides is 1. The zero-order chi connectivity index (χ0) is 24.3. The van der Waals surface area contributed by atoms with Gasteiger partial charge in [-0.05, 0) is 63.9 Å². The van der Waals surface area contributed by atoms with Crippen LogP contribution >= 0.6 is 0 Å². The molecule has 2 heterocycles. The molecule has 9 heteroatoms. The number of carbonyl (C=O) groups excluding carboxylic acids is 1. The molecule has 1 aromatic heterocycles. The Morgan fingerprint density at radius 2 is 1.71 bits per heavy atom. The molecule has 1 saturated heterocycles. The van der Waals surface area contributed by atoms with Crippen LogP contribution in [0.5, 0.6) is 0 Å². The minimum atomic E-state index is -3.57. The maximum atomic E-state index is 13.0. The summed E-state index contributed by atoms with van der Waals surface area (Å²) in [6, 6.07) is 15.7. The van der Waals surface area contributed by atoms with Gasteiger partial charge < -0.3 is 10.6 Å². The Hall–Kier alpha value is -3.17. The van der Waals surface area contributed by atoms with E-state index in [9.17, 15) is 13.2 Å². The molecule has 2 aromatic carbocycles. The third-order valence-corrected chi connectivity index (χ3v) is 8.00. The quantitative estimate of drug-likeness (QED) is 0.530. The summed E-state index contributed by atoms with van der Waals surface area (Å²) in [4.78, 5) is 13.1. The molecule has 180 valence electrons. The third kappa shape index (κ3) is 5.00. The average molecular weight is 482 g/mol. The summed E-state index contributed by atoms with van der Waals surface area (Å²) < 4.78 is 29.3. The van der Waals surface area contributed by atoms with Crippen LogP contribution in [0.25, 0.3) is 5.69 Å². The lowest BCUT2D eigenvalue weighted by molar-refractivity contribution is -0.116. The van der Waals surface area contributed by atoms with Crippen molar-refractivity contribution < 1.29 is 13.2 Å². The third-order valence-electron chi connectivity index (χ3n) is 6.10. The fourth-order valence-electron chi connectivity index (χ4n) is 4.19. The summed E-state index contributed by atoms with van der Waals surface area (Å²) in [5.41, 5.74) is 3.88. The van der Waals surface area contributed by atoms with Crippen LogP contribution in [0.15, 0.2) is 59.5 Å². The summed E-state index contributed by atoms with van der Waals surface area (Å²) in [6.45, 7) is 6.69. The van der Waals surface area contributed by atoms with Gasteiger partial charge in [-0.3, -0.25) is 4.79 Å². The van der Waals surface area contributed by atoms with Gasteiger partial charge in [0.2, 0.25) is 15.9 Å². The lowest BCUT2D eigenvalue weighted by Crippen LogP contribution is -2.35. The predicted octanol–water partition coefficient (Wildman–Crippen LogP) is 4.10. The predicted molar refractivity (Wildman–Crippen MR) is 134 cm³/mol. The van der Waals surface area contributed by atoms with Crippen LogP contribution in [-0.4, -0.2) is 47.5 Å². The van der Waals surface area contributed by atoms with Crippen LogP contribution in [0.1, 0.15) is 37.6 Å². The van der Waals surface area contributed by atoms with Gasteiger partial charge in [0, 0.05) is 18.8 Å². The van der Waals surface area contributed by atoms with Crippen molar-refractivity contribution in [3.05, 3.63) is 66.0 Å². The molecule has 1 amide bonds. The van der Waals surface area contributed by atoms with Gasteiger partial charge in [-0.1, -0.05) is 30.7 Å². The van der Waals surface area contributed by atoms with Gasteiger partial charge >= 0.3 is 0 Å². The largest absolute Gasteiger partial charge is 0.371 e. The molecule has 8 nitrogen and oxygen atoms in total. The number of nitrogens with zero attached hydrogens (tertiary/aromatic N) is 3. The first-order valence-corrected chi connectivity index (χ1v) is 13.0. The van der Waals surface area contributed by atoms with Gasteiger partial charge in [-0.15, -0.1) is 0 Å². The molecule has 0 aliphatic carbocycles. The molecule has 0 spiro atoms. The molecule has 1 aliphatic heterocycles. The molecular formula is C25H31N5O3S. The molecule has 34 heavy (non-hydrogen) atoms. The molecule has 0 radical (unpaired) electrons. The highest BCUT2D eigenvalue weighted by molar-refractivity contribution is 7.89. The standard InChI is InChI=1S/C25H31N5O3S/c1-18-24(20(3)30(28-18)22-12-6-4-7-13-22)26-19(2)25(31)27-21-11-10-14-23(17-21)34(32,33)29-15-8-5-9-16-29/h4,6-7,10-14,17,19,26H,5,8-9,15-16H2,1-3H3,(H,27,31). The molecule has 4 rings (SSSR count). The number of hydrogen-bond donors (Lipinski definition) is 2. The van der Waals surface area contributed by atoms with Crippen LogP contribution in [-0.2, 0) is 14.8 Å². The van der Waals surface area contributed by atoms with E-state index in [0.717, 1.165) is 42.0 Å². The number of para-hydroxylation sites is 1. The Labute approximate surface area is 201 Å². The van der Waals surface area contributed by atoms with E-state index in [4.69, 9.17) is 0 Å². The molecular weight excluding hydrogens is 450 g/mol. The number of rotatable bonds is 7. The highest BCUT2D eigenvalue weighted by Gasteiger charge is 2.26. The number of sulfonamides is 1. The Bertz CT molecular complexity index is 1260. The minimum absolute atomic E-state index is 0.198. The molecule has 3 aromatic rings. The number of piperidine rings is 1. The fourth-order valence-corrected chi connectivity index (χ4v) is 5.76. The van der Waals surface area contributed by atoms with Gasteiger partial charge in [0.05, 0.1) is 27.7 Å². The zero-order valence-electron chi connectivity index (χ0n) is 19.8. The lowest BCUT2D eigenvalue weighted by atomic mass is 10.2. The summed E-state index contributed by atoms with van der Waals surface area (Å²) in [6.07, 6.45) is 2.80. The summed E-state index contributed by atoms with van der Waals surface area (Å²) >= 11 is 0. The monoisotopic (exact) mass is 481 g/mol. The Kier molecular flexibility index (Phi) is 7.04. The number of nitrogens with one attached hydrogen (secondary N) is 2. The minimum Gasteiger partial charge on any atom is -0.371 e. The molecule has 1 unspecified atom stereocenters. The number of anilines is 2. The van der Waals surface area contributed by atoms with Crippen molar-refractivity contribution >= 4 is 27.3 Å². The van der Waals surface area contributed by atoms with E-state index in [2.05, 4.69) is 15.7 Å². The Morgan fingerprint density at radius 3 is 2.41 bits per heavy atom. The lowest BCUT2D eigenvalue weighted by Gasteiger charge is -2.26. The molecule has 1 fully saturated rings. The number of hydrogen-bond acceptors (Lipinski definition) is 5. The van der Waals surface area contributed by atoms with Crippen molar-refractivity contribution in [1.29, 1.82) is 0 Å². The van der Waals surface area contributed by atoms with Crippen LogP contribution in [0.2, 0.25) is 0 Å². The second-order valence-electron chi connectivity index (χ2n) is 8.64. The van der Waals surface area contributed by atoms with Crippen molar-refractivity contribution in [3.8, 4) is 5.69 Å². The molecule has 1 atom stereocenters. The summed E-state index contributed by atoms with van der Waals surface area (Å²) in [7, 11) is -3.57. The van der Waals surface area contributed by atoms with E-state index in [-0.39, 0.29) is 10.8 Å². The van der Waals surface area contributed by atoms with E-state index in [1.165, 1.54) is 10.4 Å². The van der Waals surface area contributed by atoms with E-state index in [0.29, 0.717) is 18.8 Å². The first-order chi connectivity index (χ1) is 16.3. The van der Waals surface area contributed by atoms with Crippen molar-refractivity contribution in [2.24, 2.45) is 0 Å². The van der Waals surface area contributed by atoms with E-state index < -0.39 is 16.1 Å². The fraction of sp³-hybridized carbons (Fsp3) is 0.360. The Balaban J connectivity index is 1.47. The summed E-state index contributed by atoms with van der Waals surface area (Å²) in [5, 5.41) is 10.7. The van der Waals surface area contributed by atoms with E-state index >= 15 is 0 Å². The van der Waals surface area contributed by atoms with Crippen molar-refractivity contribution in [2.75, 3.05) is 23.7 Å². The van der Waals surface area contributed by atoms with Crippen LogP contribution in [0.3, 0.4) is 0 Å². The average Bonchev–Trinajstić information content (AvgIpc) is 3.13. The number of aromatic nitrogens is 2. The number of aryl methyl sites for hydroxylation is 1. The van der Waals surface area contributed by atoms with E-state index in [1.54, 1.807) is 25.1 Å². The first kappa shape index (κ1) is 24.0. The second kappa shape index (κ2) is 9.99. The molecule has 0 saturated carbocycles. The number of carbonyl (C=O) groups is 1. The van der Waals surface area contributed by atoms with Crippen LogP contribution in [0.4, 0.5) is 11.4 Å². The van der Waals surface area contributed by atoms with Crippen LogP contribution in [0, 0.1) is 13.8 Å². The summed E-state index contributed by atoms with van der Waals surface area (Å²) in [5.74, 6) is -0.265. The topological polar surface area (TPSA) is 96.3 Å². The van der Waals surface area contributed by atoms with Gasteiger partial charge in [-0.25, -0.2) is 13.1 Å². The molecule has 1 aliphatic rings. The Morgan fingerprint density at radius 1 is 1.00 bits per heavy atom. The molecule has 2 N–H and O–H groups in total. The first-order valence-electron chi connectivity index (χ1n) is 11.6. The van der Waals surface area contributed by atoms with Gasteiger partial charge in [0.15, 0.2) is 0 Å². The maximum Gasteiger partial charge on any atom is 0.246 e. The second-order valence-corrected chi connectivity index (χ2v) is 10.6. The highest BCUT2D eigenvalue weighted by Crippen LogP contribution is 2.25. The SMILES string of the molecule is Cc1nn(-c2ccccc2)c(C)c1NC(C)C(=O)Nc1cccc(S(=O)(=O)N2CCCCC2)c1. The number of benzene rings is 2. The normalized spacial score (nSPS) is 15.6. The smallest absolute Gasteiger partial charge is 0.246 e. The van der Waals surface area contributed by atoms with Gasteiger partial charge in [0.25, 0.3) is 0 Å². The van der Waals surface area contributed by atoms with Crippen molar-refractivity contribution in [3.63, 3.8) is 0 Å². The maximum absolute atomic E-state index is 13.0. The van der Waals surface area contributed by atoms with E-state index in [1.807, 2.05) is 48.9 Å².